The molecule has 2 atom stereocenters. The minimum atomic E-state index is -0.123. The average molecular weight is 416 g/mol. The number of ether oxygens (including phenoxy) is 2. The van der Waals surface area contributed by atoms with Crippen molar-refractivity contribution >= 4 is 6.29 Å². The number of carbonyl (C=O) groups is 1. The van der Waals surface area contributed by atoms with Crippen molar-refractivity contribution in [2.45, 2.75) is 37.9 Å². The molecular formula is C27H29NO3. The number of rotatable bonds is 7. The first-order valence-electron chi connectivity index (χ1n) is 10.8. The molecule has 1 aliphatic heterocycles. The summed E-state index contributed by atoms with van der Waals surface area (Å²) < 4.78 is 11.4. The molecule has 2 unspecified atom stereocenters. The van der Waals surface area contributed by atoms with Gasteiger partial charge in [0.25, 0.3) is 0 Å². The van der Waals surface area contributed by atoms with E-state index in [4.69, 9.17) is 9.47 Å². The first-order valence-corrected chi connectivity index (χ1v) is 10.8. The fraction of sp³-hybridized carbons (Fsp3) is 0.296. The van der Waals surface area contributed by atoms with Crippen LogP contribution in [0.2, 0.25) is 0 Å². The number of methoxy groups -OCH3 is 2. The Morgan fingerprint density at radius 3 is 2.10 bits per heavy atom. The largest absolute Gasteiger partial charge is 0.496 e. The van der Waals surface area contributed by atoms with Gasteiger partial charge in [-0.1, -0.05) is 60.7 Å². The fourth-order valence-electron chi connectivity index (χ4n) is 4.62. The van der Waals surface area contributed by atoms with E-state index in [9.17, 15) is 4.79 Å². The van der Waals surface area contributed by atoms with Crippen LogP contribution in [0.5, 0.6) is 11.5 Å². The van der Waals surface area contributed by atoms with Crippen LogP contribution in [-0.2, 0) is 11.3 Å². The molecule has 0 aliphatic carbocycles. The van der Waals surface area contributed by atoms with E-state index >= 15 is 0 Å². The zero-order valence-corrected chi connectivity index (χ0v) is 18.2. The summed E-state index contributed by atoms with van der Waals surface area (Å²) in [5, 5.41) is 0. The van der Waals surface area contributed by atoms with Gasteiger partial charge in [0.1, 0.15) is 17.8 Å². The molecule has 0 amide bonds. The van der Waals surface area contributed by atoms with Crippen LogP contribution in [0.1, 0.15) is 36.4 Å². The van der Waals surface area contributed by atoms with Crippen LogP contribution >= 0.6 is 0 Å². The molecule has 0 N–H and O–H groups in total. The molecule has 160 valence electrons. The molecule has 3 aromatic carbocycles. The van der Waals surface area contributed by atoms with Crippen molar-refractivity contribution in [1.82, 2.24) is 4.90 Å². The topological polar surface area (TPSA) is 38.8 Å². The highest BCUT2D eigenvalue weighted by Gasteiger charge is 2.34. The molecule has 4 heteroatoms. The maximum absolute atomic E-state index is 12.0. The molecule has 0 aromatic heterocycles. The summed E-state index contributed by atoms with van der Waals surface area (Å²) in [6, 6.07) is 24.8. The summed E-state index contributed by atoms with van der Waals surface area (Å²) in [6.45, 7) is 0.699. The van der Waals surface area contributed by atoms with Crippen LogP contribution in [0.3, 0.4) is 0 Å². The number of hydrogen-bond acceptors (Lipinski definition) is 4. The molecule has 0 saturated carbocycles. The van der Waals surface area contributed by atoms with Crippen molar-refractivity contribution in [3.8, 4) is 22.6 Å². The molecular weight excluding hydrogens is 386 g/mol. The normalized spacial score (nSPS) is 19.0. The van der Waals surface area contributed by atoms with Crippen molar-refractivity contribution in [1.29, 1.82) is 0 Å². The predicted molar refractivity (Wildman–Crippen MR) is 123 cm³/mol. The van der Waals surface area contributed by atoms with Gasteiger partial charge in [-0.05, 0) is 48.1 Å². The monoisotopic (exact) mass is 415 g/mol. The summed E-state index contributed by atoms with van der Waals surface area (Å²) >= 11 is 0. The molecule has 1 aliphatic rings. The highest BCUT2D eigenvalue weighted by molar-refractivity contribution is 5.63. The number of hydrogen-bond donors (Lipinski definition) is 0. The molecule has 0 spiro atoms. The molecule has 4 nitrogen and oxygen atoms in total. The van der Waals surface area contributed by atoms with Crippen LogP contribution in [0, 0.1) is 0 Å². The van der Waals surface area contributed by atoms with Crippen molar-refractivity contribution in [2.24, 2.45) is 0 Å². The number of nitrogens with zero attached hydrogens (tertiary/aromatic N) is 1. The number of aldehydes is 1. The highest BCUT2D eigenvalue weighted by Crippen LogP contribution is 2.43. The molecule has 1 saturated heterocycles. The summed E-state index contributed by atoms with van der Waals surface area (Å²) in [5.74, 6) is 1.61. The molecule has 0 radical (unpaired) electrons. The first-order chi connectivity index (χ1) is 15.2. The lowest BCUT2D eigenvalue weighted by Crippen LogP contribution is -2.42. The van der Waals surface area contributed by atoms with Gasteiger partial charge in [0, 0.05) is 12.6 Å². The highest BCUT2D eigenvalue weighted by atomic mass is 16.5. The van der Waals surface area contributed by atoms with Gasteiger partial charge < -0.3 is 14.3 Å². The smallest absolute Gasteiger partial charge is 0.137 e. The van der Waals surface area contributed by atoms with E-state index in [1.54, 1.807) is 14.2 Å². The van der Waals surface area contributed by atoms with Crippen LogP contribution in [0.25, 0.3) is 11.1 Å². The SMILES string of the molecule is COc1cccc(OC)c1C1CCCC(C=O)N1Cc1ccc(-c2ccccc2)cc1. The maximum Gasteiger partial charge on any atom is 0.137 e. The Morgan fingerprint density at radius 2 is 1.48 bits per heavy atom. The van der Waals surface area contributed by atoms with Gasteiger partial charge in [-0.25, -0.2) is 0 Å². The third kappa shape index (κ3) is 4.49. The number of benzene rings is 3. The second kappa shape index (κ2) is 9.80. The van der Waals surface area contributed by atoms with Crippen LogP contribution in [0.15, 0.2) is 72.8 Å². The van der Waals surface area contributed by atoms with E-state index in [-0.39, 0.29) is 12.1 Å². The van der Waals surface area contributed by atoms with Gasteiger partial charge >= 0.3 is 0 Å². The Kier molecular flexibility index (Phi) is 6.68. The van der Waals surface area contributed by atoms with Crippen molar-refractivity contribution in [3.63, 3.8) is 0 Å². The maximum atomic E-state index is 12.0. The van der Waals surface area contributed by atoms with Crippen molar-refractivity contribution in [3.05, 3.63) is 83.9 Å². The van der Waals surface area contributed by atoms with Crippen LogP contribution < -0.4 is 9.47 Å². The molecule has 31 heavy (non-hydrogen) atoms. The quantitative estimate of drug-likeness (QED) is 0.466. The van der Waals surface area contributed by atoms with E-state index < -0.39 is 0 Å². The van der Waals surface area contributed by atoms with Gasteiger partial charge in [0.2, 0.25) is 0 Å². The Balaban J connectivity index is 1.65. The molecule has 4 rings (SSSR count). The lowest BCUT2D eigenvalue weighted by Gasteiger charge is -2.41. The average Bonchev–Trinajstić information content (AvgIpc) is 2.84. The van der Waals surface area contributed by atoms with Gasteiger partial charge in [0.05, 0.1) is 25.8 Å². The summed E-state index contributed by atoms with van der Waals surface area (Å²) in [7, 11) is 3.37. The molecule has 3 aromatic rings. The van der Waals surface area contributed by atoms with E-state index in [0.29, 0.717) is 6.54 Å². The van der Waals surface area contributed by atoms with E-state index in [2.05, 4.69) is 53.4 Å². The van der Waals surface area contributed by atoms with Crippen LogP contribution in [-0.4, -0.2) is 31.4 Å². The third-order valence-electron chi connectivity index (χ3n) is 6.19. The van der Waals surface area contributed by atoms with E-state index in [0.717, 1.165) is 42.6 Å². The Labute approximate surface area is 184 Å². The van der Waals surface area contributed by atoms with Gasteiger partial charge in [0.15, 0.2) is 0 Å². The Hall–Kier alpha value is -3.11. The second-order valence-corrected chi connectivity index (χ2v) is 7.96. The lowest BCUT2D eigenvalue weighted by molar-refractivity contribution is -0.115. The zero-order valence-electron chi connectivity index (χ0n) is 18.2. The minimum Gasteiger partial charge on any atom is -0.496 e. The van der Waals surface area contributed by atoms with Crippen molar-refractivity contribution in [2.75, 3.05) is 14.2 Å². The van der Waals surface area contributed by atoms with Gasteiger partial charge in [-0.3, -0.25) is 4.90 Å². The molecule has 1 fully saturated rings. The molecule has 1 heterocycles. The second-order valence-electron chi connectivity index (χ2n) is 7.96. The Morgan fingerprint density at radius 1 is 0.839 bits per heavy atom. The van der Waals surface area contributed by atoms with Gasteiger partial charge in [-0.2, -0.15) is 0 Å². The summed E-state index contributed by atoms with van der Waals surface area (Å²) in [4.78, 5) is 14.3. The summed E-state index contributed by atoms with van der Waals surface area (Å²) in [5.41, 5.74) is 4.61. The third-order valence-corrected chi connectivity index (χ3v) is 6.19. The van der Waals surface area contributed by atoms with Gasteiger partial charge in [-0.15, -0.1) is 0 Å². The summed E-state index contributed by atoms with van der Waals surface area (Å²) in [6.07, 6.45) is 3.92. The number of piperidine rings is 1. The first kappa shape index (κ1) is 21.1. The number of carbonyl (C=O) groups excluding carboxylic acids is 1. The van der Waals surface area contributed by atoms with Crippen LogP contribution in [0.4, 0.5) is 0 Å². The zero-order chi connectivity index (χ0) is 21.6. The fourth-order valence-corrected chi connectivity index (χ4v) is 4.62. The molecule has 0 bridgehead atoms. The van der Waals surface area contributed by atoms with E-state index in [1.165, 1.54) is 16.7 Å². The van der Waals surface area contributed by atoms with Crippen molar-refractivity contribution < 1.29 is 14.3 Å². The Bertz CT molecular complexity index is 978. The lowest BCUT2D eigenvalue weighted by atomic mass is 9.89. The van der Waals surface area contributed by atoms with E-state index in [1.807, 2.05) is 24.3 Å². The standard InChI is InChI=1S/C27H29NO3/c1-30-25-12-7-13-26(31-2)27(25)24-11-6-10-23(19-29)28(24)18-20-14-16-22(17-15-20)21-8-4-3-5-9-21/h3-5,7-9,12-17,19,23-24H,6,10-11,18H2,1-2H3. The number of likely N-dealkylation sites (tertiary alicyclic amines) is 1. The predicted octanol–water partition coefficient (Wildman–Crippen LogP) is 5.67. The minimum absolute atomic E-state index is 0.0591.